The molecule has 2 unspecified atom stereocenters. The predicted molar refractivity (Wildman–Crippen MR) is 69.2 cm³/mol. The molecule has 2 rings (SSSR count). The fourth-order valence-corrected chi connectivity index (χ4v) is 3.19. The summed E-state index contributed by atoms with van der Waals surface area (Å²) in [6, 6.07) is 2.37. The van der Waals surface area contributed by atoms with Gasteiger partial charge in [0.15, 0.2) is 0 Å². The third-order valence-electron chi connectivity index (χ3n) is 4.04. The number of hydrogen-bond acceptors (Lipinski definition) is 2. The van der Waals surface area contributed by atoms with Gasteiger partial charge in [0.2, 0.25) is 0 Å². The normalized spacial score (nSPS) is 26.6. The molecule has 2 nitrogen and oxygen atoms in total. The molecule has 1 aliphatic rings. The van der Waals surface area contributed by atoms with Crippen molar-refractivity contribution in [1.82, 2.24) is 4.98 Å². The standard InChI is InChI=1S/C15H18F3NO/c1-9-7-10(8-14(2,3)13(9)20)12-11(15(16,17)18)5-4-6-19-12/h4-6,9-10H,7-8H2,1-3H3. The van der Waals surface area contributed by atoms with Gasteiger partial charge in [-0.15, -0.1) is 0 Å². The maximum atomic E-state index is 13.1. The monoisotopic (exact) mass is 285 g/mol. The van der Waals surface area contributed by atoms with Crippen LogP contribution >= 0.6 is 0 Å². The number of ketones is 1. The smallest absolute Gasteiger partial charge is 0.299 e. The van der Waals surface area contributed by atoms with Crippen LogP contribution in [0.15, 0.2) is 18.3 Å². The SMILES string of the molecule is CC1CC(c2ncccc2C(F)(F)F)CC(C)(C)C1=O. The van der Waals surface area contributed by atoms with Crippen molar-refractivity contribution in [2.24, 2.45) is 11.3 Å². The summed E-state index contributed by atoms with van der Waals surface area (Å²) in [7, 11) is 0. The van der Waals surface area contributed by atoms with Crippen molar-refractivity contribution in [1.29, 1.82) is 0 Å². The van der Waals surface area contributed by atoms with E-state index >= 15 is 0 Å². The van der Waals surface area contributed by atoms with E-state index in [0.29, 0.717) is 12.8 Å². The Morgan fingerprint density at radius 2 is 2.00 bits per heavy atom. The van der Waals surface area contributed by atoms with Crippen LogP contribution in [-0.2, 0) is 11.0 Å². The van der Waals surface area contributed by atoms with E-state index < -0.39 is 17.2 Å². The first-order chi connectivity index (χ1) is 9.13. The summed E-state index contributed by atoms with van der Waals surface area (Å²) in [4.78, 5) is 16.0. The molecule has 1 fully saturated rings. The average molecular weight is 285 g/mol. The Kier molecular flexibility index (Phi) is 3.65. The maximum absolute atomic E-state index is 13.1. The van der Waals surface area contributed by atoms with Gasteiger partial charge in [0, 0.05) is 23.4 Å². The summed E-state index contributed by atoms with van der Waals surface area (Å²) in [6.45, 7) is 5.38. The zero-order valence-corrected chi connectivity index (χ0v) is 11.8. The van der Waals surface area contributed by atoms with Crippen molar-refractivity contribution in [3.8, 4) is 0 Å². The second-order valence-electron chi connectivity index (χ2n) is 6.22. The van der Waals surface area contributed by atoms with Crippen LogP contribution in [0.5, 0.6) is 0 Å². The Labute approximate surface area is 116 Å². The van der Waals surface area contributed by atoms with Crippen LogP contribution in [0.4, 0.5) is 13.2 Å². The lowest BCUT2D eigenvalue weighted by atomic mass is 9.66. The van der Waals surface area contributed by atoms with Gasteiger partial charge in [0.05, 0.1) is 11.3 Å². The molecule has 20 heavy (non-hydrogen) atoms. The van der Waals surface area contributed by atoms with E-state index in [9.17, 15) is 18.0 Å². The maximum Gasteiger partial charge on any atom is 0.418 e. The first kappa shape index (κ1) is 15.0. The quantitative estimate of drug-likeness (QED) is 0.773. The van der Waals surface area contributed by atoms with Gasteiger partial charge in [-0.05, 0) is 25.0 Å². The minimum atomic E-state index is -4.40. The minimum absolute atomic E-state index is 0.0763. The molecule has 0 radical (unpaired) electrons. The van der Waals surface area contributed by atoms with E-state index in [1.54, 1.807) is 20.8 Å². The van der Waals surface area contributed by atoms with Crippen molar-refractivity contribution < 1.29 is 18.0 Å². The zero-order chi connectivity index (χ0) is 15.1. The number of Topliss-reactive ketones (excluding diaryl/α,β-unsaturated/α-hetero) is 1. The van der Waals surface area contributed by atoms with Gasteiger partial charge >= 0.3 is 6.18 Å². The second kappa shape index (κ2) is 4.86. The number of carbonyl (C=O) groups is 1. The molecule has 0 spiro atoms. The molecule has 0 saturated heterocycles. The Balaban J connectivity index is 2.41. The Morgan fingerprint density at radius 3 is 2.55 bits per heavy atom. The van der Waals surface area contributed by atoms with Gasteiger partial charge in [-0.2, -0.15) is 13.2 Å². The molecule has 0 N–H and O–H groups in total. The van der Waals surface area contributed by atoms with E-state index in [-0.39, 0.29) is 23.3 Å². The summed E-state index contributed by atoms with van der Waals surface area (Å²) in [5.74, 6) is -0.430. The average Bonchev–Trinajstić information content (AvgIpc) is 2.34. The highest BCUT2D eigenvalue weighted by atomic mass is 19.4. The summed E-state index contributed by atoms with van der Waals surface area (Å²) in [5, 5.41) is 0. The molecule has 1 aromatic rings. The molecule has 110 valence electrons. The van der Waals surface area contributed by atoms with Gasteiger partial charge in [0.25, 0.3) is 0 Å². The Hall–Kier alpha value is -1.39. The molecule has 1 heterocycles. The van der Waals surface area contributed by atoms with E-state index in [1.807, 2.05) is 0 Å². The van der Waals surface area contributed by atoms with Gasteiger partial charge in [-0.25, -0.2) is 0 Å². The molecule has 0 amide bonds. The molecular weight excluding hydrogens is 267 g/mol. The lowest BCUT2D eigenvalue weighted by Gasteiger charge is -2.37. The lowest BCUT2D eigenvalue weighted by molar-refractivity contribution is -0.139. The molecule has 1 saturated carbocycles. The molecule has 0 bridgehead atoms. The first-order valence-corrected chi connectivity index (χ1v) is 6.69. The number of aromatic nitrogens is 1. The molecule has 2 atom stereocenters. The topological polar surface area (TPSA) is 30.0 Å². The van der Waals surface area contributed by atoms with Crippen LogP contribution < -0.4 is 0 Å². The number of rotatable bonds is 1. The first-order valence-electron chi connectivity index (χ1n) is 6.69. The fraction of sp³-hybridized carbons (Fsp3) is 0.600. The number of halogens is 3. The lowest BCUT2D eigenvalue weighted by Crippen LogP contribution is -2.38. The third-order valence-corrected chi connectivity index (χ3v) is 4.04. The Morgan fingerprint density at radius 1 is 1.35 bits per heavy atom. The van der Waals surface area contributed by atoms with E-state index in [4.69, 9.17) is 0 Å². The van der Waals surface area contributed by atoms with Crippen molar-refractivity contribution in [2.45, 2.75) is 45.7 Å². The van der Waals surface area contributed by atoms with Crippen LogP contribution in [0.2, 0.25) is 0 Å². The molecule has 1 aromatic heterocycles. The summed E-state index contributed by atoms with van der Waals surface area (Å²) in [6.07, 6.45) is -2.17. The highest BCUT2D eigenvalue weighted by Crippen LogP contribution is 2.46. The minimum Gasteiger partial charge on any atom is -0.299 e. The van der Waals surface area contributed by atoms with E-state index in [0.717, 1.165) is 6.07 Å². The second-order valence-corrected chi connectivity index (χ2v) is 6.22. The van der Waals surface area contributed by atoms with Crippen molar-refractivity contribution in [3.63, 3.8) is 0 Å². The molecule has 5 heteroatoms. The van der Waals surface area contributed by atoms with Gasteiger partial charge in [0.1, 0.15) is 5.78 Å². The van der Waals surface area contributed by atoms with E-state index in [2.05, 4.69) is 4.98 Å². The molecule has 0 aromatic carbocycles. The third kappa shape index (κ3) is 2.72. The summed E-state index contributed by atoms with van der Waals surface area (Å²) < 4.78 is 39.2. The number of pyridine rings is 1. The van der Waals surface area contributed by atoms with Crippen LogP contribution in [-0.4, -0.2) is 10.8 Å². The number of hydrogen-bond donors (Lipinski definition) is 0. The fourth-order valence-electron chi connectivity index (χ4n) is 3.19. The Bertz CT molecular complexity index is 522. The summed E-state index contributed by atoms with van der Waals surface area (Å²) in [5.41, 5.74) is -1.20. The summed E-state index contributed by atoms with van der Waals surface area (Å²) >= 11 is 0. The van der Waals surface area contributed by atoms with Crippen LogP contribution in [0.3, 0.4) is 0 Å². The van der Waals surface area contributed by atoms with Gasteiger partial charge in [-0.3, -0.25) is 9.78 Å². The number of carbonyl (C=O) groups excluding carboxylic acids is 1. The number of nitrogens with zero attached hydrogens (tertiary/aromatic N) is 1. The molecule has 1 aliphatic carbocycles. The van der Waals surface area contributed by atoms with Crippen molar-refractivity contribution in [2.75, 3.05) is 0 Å². The van der Waals surface area contributed by atoms with E-state index in [1.165, 1.54) is 12.3 Å². The van der Waals surface area contributed by atoms with Crippen molar-refractivity contribution >= 4 is 5.78 Å². The predicted octanol–water partition coefficient (Wildman–Crippen LogP) is 4.21. The van der Waals surface area contributed by atoms with Crippen LogP contribution in [0.1, 0.15) is 50.8 Å². The molecule has 0 aliphatic heterocycles. The highest BCUT2D eigenvalue weighted by molar-refractivity contribution is 5.87. The largest absolute Gasteiger partial charge is 0.418 e. The van der Waals surface area contributed by atoms with Gasteiger partial charge in [-0.1, -0.05) is 20.8 Å². The molecular formula is C15H18F3NO. The van der Waals surface area contributed by atoms with Gasteiger partial charge < -0.3 is 0 Å². The highest BCUT2D eigenvalue weighted by Gasteiger charge is 2.43. The zero-order valence-electron chi connectivity index (χ0n) is 11.8. The van der Waals surface area contributed by atoms with Crippen LogP contribution in [0.25, 0.3) is 0 Å². The van der Waals surface area contributed by atoms with Crippen LogP contribution in [0, 0.1) is 11.3 Å². The number of alkyl halides is 3. The van der Waals surface area contributed by atoms with Crippen molar-refractivity contribution in [3.05, 3.63) is 29.6 Å².